The Morgan fingerprint density at radius 2 is 1.90 bits per heavy atom. The van der Waals surface area contributed by atoms with Crippen molar-refractivity contribution in [3.63, 3.8) is 0 Å². The van der Waals surface area contributed by atoms with Crippen LogP contribution in [0.25, 0.3) is 0 Å². The quantitative estimate of drug-likeness (QED) is 0.784. The van der Waals surface area contributed by atoms with Gasteiger partial charge in [0.15, 0.2) is 0 Å². The predicted molar refractivity (Wildman–Crippen MR) is 83.6 cm³/mol. The maximum Gasteiger partial charge on any atom is 0.120 e. The second kappa shape index (κ2) is 8.29. The summed E-state index contributed by atoms with van der Waals surface area (Å²) >= 11 is 0. The van der Waals surface area contributed by atoms with Crippen LogP contribution in [0.2, 0.25) is 0 Å². The minimum Gasteiger partial charge on any atom is -0.497 e. The van der Waals surface area contributed by atoms with Crippen LogP contribution in [0.3, 0.4) is 0 Å². The zero-order valence-electron chi connectivity index (χ0n) is 12.2. The summed E-state index contributed by atoms with van der Waals surface area (Å²) in [5.74, 6) is 0.787. The Morgan fingerprint density at radius 3 is 2.67 bits per heavy atom. The summed E-state index contributed by atoms with van der Waals surface area (Å²) in [6, 6.07) is 17.5. The lowest BCUT2D eigenvalue weighted by Crippen LogP contribution is -2.24. The van der Waals surface area contributed by atoms with Crippen molar-refractivity contribution < 1.29 is 14.6 Å². The number of rotatable bonds is 8. The standard InChI is InChI=1S/C17H21NO3/c1-20-17-9-5-8-15(10-17)18-11-16(19)13-21-12-14-6-3-2-4-7-14/h2-10,16,18-19H,11-13H2,1H3. The van der Waals surface area contributed by atoms with Crippen molar-refractivity contribution in [1.82, 2.24) is 0 Å². The van der Waals surface area contributed by atoms with Crippen LogP contribution in [-0.4, -0.2) is 31.5 Å². The Morgan fingerprint density at radius 1 is 1.10 bits per heavy atom. The summed E-state index contributed by atoms with van der Waals surface area (Å²) in [6.07, 6.45) is -0.556. The van der Waals surface area contributed by atoms with E-state index in [1.807, 2.05) is 54.6 Å². The summed E-state index contributed by atoms with van der Waals surface area (Å²) in [7, 11) is 1.63. The third kappa shape index (κ3) is 5.45. The zero-order valence-corrected chi connectivity index (χ0v) is 12.2. The van der Waals surface area contributed by atoms with E-state index in [0.29, 0.717) is 19.8 Å². The van der Waals surface area contributed by atoms with Crippen molar-refractivity contribution in [3.8, 4) is 5.75 Å². The number of benzene rings is 2. The Bertz CT molecular complexity index is 531. The second-order valence-corrected chi connectivity index (χ2v) is 4.77. The van der Waals surface area contributed by atoms with Gasteiger partial charge in [-0.25, -0.2) is 0 Å². The fraction of sp³-hybridized carbons (Fsp3) is 0.294. The maximum atomic E-state index is 9.90. The molecule has 0 radical (unpaired) electrons. The van der Waals surface area contributed by atoms with Gasteiger partial charge >= 0.3 is 0 Å². The average Bonchev–Trinajstić information content (AvgIpc) is 2.54. The number of ether oxygens (including phenoxy) is 2. The Hall–Kier alpha value is -2.04. The topological polar surface area (TPSA) is 50.7 Å². The molecule has 0 aliphatic carbocycles. The smallest absolute Gasteiger partial charge is 0.120 e. The molecule has 4 heteroatoms. The lowest BCUT2D eigenvalue weighted by Gasteiger charge is -2.14. The molecule has 2 N–H and O–H groups in total. The molecule has 0 heterocycles. The van der Waals surface area contributed by atoms with Gasteiger partial charge in [0.2, 0.25) is 0 Å². The van der Waals surface area contributed by atoms with E-state index in [-0.39, 0.29) is 0 Å². The first-order valence-corrected chi connectivity index (χ1v) is 6.95. The number of hydrogen-bond donors (Lipinski definition) is 2. The molecule has 0 fully saturated rings. The average molecular weight is 287 g/mol. The lowest BCUT2D eigenvalue weighted by molar-refractivity contribution is 0.0348. The monoisotopic (exact) mass is 287 g/mol. The molecule has 2 aromatic carbocycles. The molecule has 0 saturated heterocycles. The highest BCUT2D eigenvalue weighted by atomic mass is 16.5. The first-order chi connectivity index (χ1) is 10.3. The molecule has 0 saturated carbocycles. The van der Waals surface area contributed by atoms with Crippen molar-refractivity contribution in [2.75, 3.05) is 25.6 Å². The van der Waals surface area contributed by atoms with Crippen LogP contribution in [0.15, 0.2) is 54.6 Å². The molecule has 0 spiro atoms. The van der Waals surface area contributed by atoms with Gasteiger partial charge in [-0.1, -0.05) is 36.4 Å². The minimum absolute atomic E-state index is 0.297. The highest BCUT2D eigenvalue weighted by Crippen LogP contribution is 2.16. The van der Waals surface area contributed by atoms with Crippen molar-refractivity contribution in [1.29, 1.82) is 0 Å². The van der Waals surface area contributed by atoms with Gasteiger partial charge in [-0.2, -0.15) is 0 Å². The summed E-state index contributed by atoms with van der Waals surface area (Å²) < 4.78 is 10.6. The second-order valence-electron chi connectivity index (χ2n) is 4.77. The lowest BCUT2D eigenvalue weighted by atomic mass is 10.2. The minimum atomic E-state index is -0.556. The number of anilines is 1. The summed E-state index contributed by atoms with van der Waals surface area (Å²) in [5.41, 5.74) is 2.02. The summed E-state index contributed by atoms with van der Waals surface area (Å²) in [6.45, 7) is 1.24. The molecule has 4 nitrogen and oxygen atoms in total. The van der Waals surface area contributed by atoms with Crippen molar-refractivity contribution >= 4 is 5.69 Å². The number of hydrogen-bond acceptors (Lipinski definition) is 4. The van der Waals surface area contributed by atoms with Gasteiger partial charge in [0, 0.05) is 18.3 Å². The SMILES string of the molecule is COc1cccc(NCC(O)COCc2ccccc2)c1. The van der Waals surface area contributed by atoms with E-state index in [9.17, 15) is 5.11 Å². The number of methoxy groups -OCH3 is 1. The van der Waals surface area contributed by atoms with Crippen LogP contribution in [-0.2, 0) is 11.3 Å². The van der Waals surface area contributed by atoms with E-state index < -0.39 is 6.10 Å². The molecule has 0 aliphatic rings. The molecule has 112 valence electrons. The molecule has 1 unspecified atom stereocenters. The van der Waals surface area contributed by atoms with E-state index in [0.717, 1.165) is 17.0 Å². The van der Waals surface area contributed by atoms with Crippen LogP contribution in [0.1, 0.15) is 5.56 Å². The Kier molecular flexibility index (Phi) is 6.06. The van der Waals surface area contributed by atoms with E-state index >= 15 is 0 Å². The number of aliphatic hydroxyl groups excluding tert-OH is 1. The van der Waals surface area contributed by atoms with Crippen LogP contribution >= 0.6 is 0 Å². The molecule has 21 heavy (non-hydrogen) atoms. The largest absolute Gasteiger partial charge is 0.497 e. The third-order valence-corrected chi connectivity index (χ3v) is 3.03. The van der Waals surface area contributed by atoms with E-state index in [4.69, 9.17) is 9.47 Å². The van der Waals surface area contributed by atoms with Gasteiger partial charge in [-0.3, -0.25) is 0 Å². The first-order valence-electron chi connectivity index (χ1n) is 6.95. The predicted octanol–water partition coefficient (Wildman–Crippen LogP) is 2.68. The first kappa shape index (κ1) is 15.4. The van der Waals surface area contributed by atoms with Gasteiger partial charge in [0.05, 0.1) is 26.4 Å². The molecular weight excluding hydrogens is 266 g/mol. The molecule has 0 aliphatic heterocycles. The highest BCUT2D eigenvalue weighted by Gasteiger charge is 2.05. The van der Waals surface area contributed by atoms with Gasteiger partial charge in [-0.15, -0.1) is 0 Å². The zero-order chi connectivity index (χ0) is 14.9. The summed E-state index contributed by atoms with van der Waals surface area (Å²) in [4.78, 5) is 0. The Labute approximate surface area is 125 Å². The van der Waals surface area contributed by atoms with Crippen molar-refractivity contribution in [3.05, 3.63) is 60.2 Å². The fourth-order valence-electron chi connectivity index (χ4n) is 1.91. The molecule has 2 rings (SSSR count). The molecule has 1 atom stereocenters. The van der Waals surface area contributed by atoms with E-state index in [1.54, 1.807) is 7.11 Å². The van der Waals surface area contributed by atoms with Gasteiger partial charge < -0.3 is 19.9 Å². The maximum absolute atomic E-state index is 9.90. The van der Waals surface area contributed by atoms with Crippen molar-refractivity contribution in [2.24, 2.45) is 0 Å². The van der Waals surface area contributed by atoms with Gasteiger partial charge in [0.1, 0.15) is 5.75 Å². The van der Waals surface area contributed by atoms with Crippen molar-refractivity contribution in [2.45, 2.75) is 12.7 Å². The molecule has 2 aromatic rings. The van der Waals surface area contributed by atoms with Crippen LogP contribution < -0.4 is 10.1 Å². The number of nitrogens with one attached hydrogen (secondary N) is 1. The van der Waals surface area contributed by atoms with Crippen LogP contribution in [0.4, 0.5) is 5.69 Å². The fourth-order valence-corrected chi connectivity index (χ4v) is 1.91. The van der Waals surface area contributed by atoms with Gasteiger partial charge in [0.25, 0.3) is 0 Å². The van der Waals surface area contributed by atoms with Crippen LogP contribution in [0, 0.1) is 0 Å². The Balaban J connectivity index is 1.68. The normalized spacial score (nSPS) is 11.9. The molecule has 0 amide bonds. The van der Waals surface area contributed by atoms with E-state index in [2.05, 4.69) is 5.32 Å². The van der Waals surface area contributed by atoms with E-state index in [1.165, 1.54) is 0 Å². The number of aliphatic hydroxyl groups is 1. The van der Waals surface area contributed by atoms with Crippen LogP contribution in [0.5, 0.6) is 5.75 Å². The highest BCUT2D eigenvalue weighted by molar-refractivity contribution is 5.48. The third-order valence-electron chi connectivity index (χ3n) is 3.03. The van der Waals surface area contributed by atoms with Gasteiger partial charge in [-0.05, 0) is 17.7 Å². The molecule has 0 bridgehead atoms. The molecular formula is C17H21NO3. The summed E-state index contributed by atoms with van der Waals surface area (Å²) in [5, 5.41) is 13.1. The molecule has 0 aromatic heterocycles.